The molecule has 0 aliphatic carbocycles. The zero-order valence-corrected chi connectivity index (χ0v) is 9.70. The van der Waals surface area contributed by atoms with Crippen molar-refractivity contribution in [2.24, 2.45) is 0 Å². The van der Waals surface area contributed by atoms with Crippen LogP contribution in [0.2, 0.25) is 0 Å². The minimum absolute atomic E-state index is 0.256. The molecular weight excluding hydrogens is 215 g/mol. The molecule has 0 heterocycles. The summed E-state index contributed by atoms with van der Waals surface area (Å²) < 4.78 is 35.8. The largest absolute Gasteiger partial charge is 0.401 e. The van der Waals surface area contributed by atoms with Gasteiger partial charge in [0, 0.05) is 6.54 Å². The predicted molar refractivity (Wildman–Crippen MR) is 58.4 cm³/mol. The lowest BCUT2D eigenvalue weighted by Crippen LogP contribution is -2.28. The standard InChI is InChI=1S/C12H16F3N/c1-8-4-10(3)11(5-9(8)2)6-16-7-12(13,14)15/h4-5,16H,6-7H2,1-3H3. The Kier molecular flexibility index (Phi) is 3.97. The van der Waals surface area contributed by atoms with E-state index >= 15 is 0 Å². The first-order valence-corrected chi connectivity index (χ1v) is 5.14. The smallest absolute Gasteiger partial charge is 0.305 e. The van der Waals surface area contributed by atoms with Crippen molar-refractivity contribution in [3.05, 3.63) is 34.4 Å². The third-order valence-electron chi connectivity index (χ3n) is 2.59. The highest BCUT2D eigenvalue weighted by Gasteiger charge is 2.26. The van der Waals surface area contributed by atoms with Crippen LogP contribution in [-0.4, -0.2) is 12.7 Å². The number of rotatable bonds is 3. The van der Waals surface area contributed by atoms with Crippen LogP contribution >= 0.6 is 0 Å². The molecule has 1 aromatic rings. The van der Waals surface area contributed by atoms with Crippen LogP contribution in [0.3, 0.4) is 0 Å². The van der Waals surface area contributed by atoms with Gasteiger partial charge >= 0.3 is 6.18 Å². The minimum atomic E-state index is -4.15. The maximum atomic E-state index is 11.9. The van der Waals surface area contributed by atoms with E-state index in [2.05, 4.69) is 5.32 Å². The molecule has 0 bridgehead atoms. The lowest BCUT2D eigenvalue weighted by molar-refractivity contribution is -0.125. The third kappa shape index (κ3) is 3.85. The van der Waals surface area contributed by atoms with Crippen molar-refractivity contribution in [2.75, 3.05) is 6.54 Å². The number of nitrogens with one attached hydrogen (secondary N) is 1. The highest BCUT2D eigenvalue weighted by Crippen LogP contribution is 2.16. The molecule has 0 saturated heterocycles. The van der Waals surface area contributed by atoms with Crippen molar-refractivity contribution in [1.29, 1.82) is 0 Å². The topological polar surface area (TPSA) is 12.0 Å². The lowest BCUT2D eigenvalue weighted by atomic mass is 10.0. The number of benzene rings is 1. The van der Waals surface area contributed by atoms with Gasteiger partial charge < -0.3 is 5.32 Å². The monoisotopic (exact) mass is 231 g/mol. The van der Waals surface area contributed by atoms with E-state index in [1.807, 2.05) is 32.9 Å². The fraction of sp³-hybridized carbons (Fsp3) is 0.500. The van der Waals surface area contributed by atoms with Crippen LogP contribution < -0.4 is 5.32 Å². The van der Waals surface area contributed by atoms with Gasteiger partial charge in [-0.05, 0) is 43.0 Å². The third-order valence-corrected chi connectivity index (χ3v) is 2.59. The number of alkyl halides is 3. The Morgan fingerprint density at radius 1 is 1.00 bits per heavy atom. The summed E-state index contributed by atoms with van der Waals surface area (Å²) in [5, 5.41) is 2.40. The Hall–Kier alpha value is -1.03. The number of aryl methyl sites for hydroxylation is 3. The first-order valence-electron chi connectivity index (χ1n) is 5.14. The molecule has 0 amide bonds. The van der Waals surface area contributed by atoms with Gasteiger partial charge in [-0.3, -0.25) is 0 Å². The van der Waals surface area contributed by atoms with Crippen molar-refractivity contribution in [3.63, 3.8) is 0 Å². The second kappa shape index (κ2) is 4.87. The summed E-state index contributed by atoms with van der Waals surface area (Å²) in [6.45, 7) is 5.18. The maximum absolute atomic E-state index is 11.9. The quantitative estimate of drug-likeness (QED) is 0.841. The minimum Gasteiger partial charge on any atom is -0.305 e. The molecule has 0 aliphatic rings. The van der Waals surface area contributed by atoms with Crippen LogP contribution in [0.4, 0.5) is 13.2 Å². The first-order chi connectivity index (χ1) is 7.29. The van der Waals surface area contributed by atoms with Gasteiger partial charge in [0.2, 0.25) is 0 Å². The SMILES string of the molecule is Cc1cc(C)c(CNCC(F)(F)F)cc1C. The second-order valence-corrected chi connectivity index (χ2v) is 4.08. The fourth-order valence-corrected chi connectivity index (χ4v) is 1.55. The molecule has 0 radical (unpaired) electrons. The molecule has 0 atom stereocenters. The predicted octanol–water partition coefficient (Wildman–Crippen LogP) is 3.26. The molecule has 1 rings (SSSR count). The van der Waals surface area contributed by atoms with Crippen molar-refractivity contribution < 1.29 is 13.2 Å². The summed E-state index contributed by atoms with van der Waals surface area (Å²) in [7, 11) is 0. The van der Waals surface area contributed by atoms with E-state index in [1.54, 1.807) is 0 Å². The van der Waals surface area contributed by atoms with Crippen LogP contribution in [0, 0.1) is 20.8 Å². The molecule has 90 valence electrons. The molecule has 0 aliphatic heterocycles. The molecule has 1 aromatic carbocycles. The first kappa shape index (κ1) is 13.0. The molecule has 4 heteroatoms. The summed E-state index contributed by atoms with van der Waals surface area (Å²) in [5.74, 6) is 0. The molecule has 0 unspecified atom stereocenters. The highest BCUT2D eigenvalue weighted by molar-refractivity contribution is 5.36. The lowest BCUT2D eigenvalue weighted by Gasteiger charge is -2.12. The van der Waals surface area contributed by atoms with E-state index in [0.717, 1.165) is 22.3 Å². The van der Waals surface area contributed by atoms with E-state index in [0.29, 0.717) is 0 Å². The summed E-state index contributed by atoms with van der Waals surface area (Å²) in [4.78, 5) is 0. The van der Waals surface area contributed by atoms with Crippen LogP contribution in [0.25, 0.3) is 0 Å². The summed E-state index contributed by atoms with van der Waals surface area (Å²) >= 11 is 0. The van der Waals surface area contributed by atoms with Crippen LogP contribution in [-0.2, 0) is 6.54 Å². The summed E-state index contributed by atoms with van der Waals surface area (Å²) in [6.07, 6.45) is -4.15. The van der Waals surface area contributed by atoms with E-state index in [-0.39, 0.29) is 6.54 Å². The Morgan fingerprint density at radius 3 is 2.12 bits per heavy atom. The average molecular weight is 231 g/mol. The normalized spacial score (nSPS) is 11.9. The van der Waals surface area contributed by atoms with Crippen molar-refractivity contribution in [3.8, 4) is 0 Å². The van der Waals surface area contributed by atoms with Gasteiger partial charge in [0.15, 0.2) is 0 Å². The van der Waals surface area contributed by atoms with Gasteiger partial charge in [-0.1, -0.05) is 12.1 Å². The summed E-state index contributed by atoms with van der Waals surface area (Å²) in [6, 6.07) is 3.94. The number of hydrogen-bond acceptors (Lipinski definition) is 1. The molecule has 1 N–H and O–H groups in total. The average Bonchev–Trinajstić information content (AvgIpc) is 2.11. The van der Waals surface area contributed by atoms with Gasteiger partial charge in [-0.2, -0.15) is 13.2 Å². The Morgan fingerprint density at radius 2 is 1.56 bits per heavy atom. The number of hydrogen-bond donors (Lipinski definition) is 1. The van der Waals surface area contributed by atoms with Crippen LogP contribution in [0.15, 0.2) is 12.1 Å². The van der Waals surface area contributed by atoms with Gasteiger partial charge in [0.05, 0.1) is 6.54 Å². The van der Waals surface area contributed by atoms with Gasteiger partial charge in [0.1, 0.15) is 0 Å². The van der Waals surface area contributed by atoms with Crippen LogP contribution in [0.5, 0.6) is 0 Å². The van der Waals surface area contributed by atoms with E-state index in [1.165, 1.54) is 0 Å². The van der Waals surface area contributed by atoms with Gasteiger partial charge in [-0.15, -0.1) is 0 Å². The molecular formula is C12H16F3N. The maximum Gasteiger partial charge on any atom is 0.401 e. The van der Waals surface area contributed by atoms with Crippen molar-refractivity contribution >= 4 is 0 Å². The zero-order valence-electron chi connectivity index (χ0n) is 9.70. The molecule has 16 heavy (non-hydrogen) atoms. The molecule has 0 aromatic heterocycles. The summed E-state index contributed by atoms with van der Waals surface area (Å²) in [5.41, 5.74) is 4.22. The Bertz CT molecular complexity index is 369. The molecule has 0 saturated carbocycles. The Balaban J connectivity index is 2.64. The van der Waals surface area contributed by atoms with Crippen molar-refractivity contribution in [2.45, 2.75) is 33.5 Å². The van der Waals surface area contributed by atoms with E-state index in [4.69, 9.17) is 0 Å². The van der Waals surface area contributed by atoms with E-state index < -0.39 is 12.7 Å². The van der Waals surface area contributed by atoms with Gasteiger partial charge in [0.25, 0.3) is 0 Å². The second-order valence-electron chi connectivity index (χ2n) is 4.08. The van der Waals surface area contributed by atoms with Gasteiger partial charge in [-0.25, -0.2) is 0 Å². The Labute approximate surface area is 93.7 Å². The van der Waals surface area contributed by atoms with Crippen molar-refractivity contribution in [1.82, 2.24) is 5.32 Å². The molecule has 1 nitrogen and oxygen atoms in total. The molecule has 0 spiro atoms. The fourth-order valence-electron chi connectivity index (χ4n) is 1.55. The number of halogens is 3. The van der Waals surface area contributed by atoms with E-state index in [9.17, 15) is 13.2 Å². The highest BCUT2D eigenvalue weighted by atomic mass is 19.4. The van der Waals surface area contributed by atoms with Crippen LogP contribution in [0.1, 0.15) is 22.3 Å². The zero-order chi connectivity index (χ0) is 12.3. The molecule has 0 fully saturated rings.